The van der Waals surface area contributed by atoms with Crippen LogP contribution in [0.25, 0.3) is 0 Å². The molecule has 1 heterocycles. The summed E-state index contributed by atoms with van der Waals surface area (Å²) in [6.07, 6.45) is 0.857. The third-order valence-corrected chi connectivity index (χ3v) is 2.57. The predicted molar refractivity (Wildman–Crippen MR) is 55.9 cm³/mol. The van der Waals surface area contributed by atoms with Crippen molar-refractivity contribution in [2.24, 2.45) is 5.92 Å². The fraction of sp³-hybridized carbons (Fsp3) is 0.417. The Bertz CT molecular complexity index is 316. The standard InChI is InChI=1S/C12H15NO/c1-10(12(14)13-7-8-13)9-11-5-3-2-4-6-11/h2-6,10H,7-9H2,1H3. The average molecular weight is 189 g/mol. The molecule has 1 fully saturated rings. The van der Waals surface area contributed by atoms with Gasteiger partial charge in [-0.1, -0.05) is 37.3 Å². The highest BCUT2D eigenvalue weighted by Crippen LogP contribution is 2.15. The number of hydrogen-bond donors (Lipinski definition) is 0. The maximum atomic E-state index is 11.6. The first-order valence-electron chi connectivity index (χ1n) is 5.10. The second-order valence-electron chi connectivity index (χ2n) is 3.92. The van der Waals surface area contributed by atoms with Crippen molar-refractivity contribution in [3.05, 3.63) is 35.9 Å². The van der Waals surface area contributed by atoms with Gasteiger partial charge in [0.2, 0.25) is 5.91 Å². The molecule has 0 spiro atoms. The molecule has 1 amide bonds. The Balaban J connectivity index is 1.93. The molecule has 0 radical (unpaired) electrons. The van der Waals surface area contributed by atoms with E-state index in [0.29, 0.717) is 5.91 Å². The Kier molecular flexibility index (Phi) is 2.53. The minimum atomic E-state index is 0.125. The molecule has 1 aromatic carbocycles. The first kappa shape index (κ1) is 9.25. The van der Waals surface area contributed by atoms with Crippen molar-refractivity contribution in [1.29, 1.82) is 0 Å². The Morgan fingerprint density at radius 1 is 1.36 bits per heavy atom. The molecule has 14 heavy (non-hydrogen) atoms. The third kappa shape index (κ3) is 2.13. The van der Waals surface area contributed by atoms with Crippen LogP contribution in [0.5, 0.6) is 0 Å². The van der Waals surface area contributed by atoms with Crippen LogP contribution < -0.4 is 0 Å². The molecular formula is C12H15NO. The largest absolute Gasteiger partial charge is 0.339 e. The normalized spacial score (nSPS) is 16.5. The molecular weight excluding hydrogens is 174 g/mol. The number of rotatable bonds is 3. The minimum Gasteiger partial charge on any atom is -0.339 e. The fourth-order valence-corrected chi connectivity index (χ4v) is 1.64. The summed E-state index contributed by atoms with van der Waals surface area (Å²) < 4.78 is 0. The van der Waals surface area contributed by atoms with Gasteiger partial charge in [-0.3, -0.25) is 4.79 Å². The summed E-state index contributed by atoms with van der Waals surface area (Å²) >= 11 is 0. The van der Waals surface area contributed by atoms with Gasteiger partial charge in [-0.25, -0.2) is 0 Å². The summed E-state index contributed by atoms with van der Waals surface area (Å²) in [5.74, 6) is 0.425. The molecule has 0 aromatic heterocycles. The quantitative estimate of drug-likeness (QED) is 0.663. The van der Waals surface area contributed by atoms with Gasteiger partial charge in [-0.05, 0) is 12.0 Å². The highest BCUT2D eigenvalue weighted by molar-refractivity contribution is 5.80. The zero-order valence-electron chi connectivity index (χ0n) is 8.44. The van der Waals surface area contributed by atoms with Gasteiger partial charge in [0.25, 0.3) is 0 Å². The van der Waals surface area contributed by atoms with Crippen molar-refractivity contribution in [2.45, 2.75) is 13.3 Å². The summed E-state index contributed by atoms with van der Waals surface area (Å²) in [7, 11) is 0. The van der Waals surface area contributed by atoms with E-state index in [2.05, 4.69) is 12.1 Å². The van der Waals surface area contributed by atoms with Crippen LogP contribution in [0.2, 0.25) is 0 Å². The maximum absolute atomic E-state index is 11.6. The Morgan fingerprint density at radius 3 is 2.57 bits per heavy atom. The van der Waals surface area contributed by atoms with Crippen LogP contribution in [0.4, 0.5) is 0 Å². The molecule has 0 saturated carbocycles. The first-order chi connectivity index (χ1) is 6.77. The van der Waals surface area contributed by atoms with Crippen molar-refractivity contribution in [1.82, 2.24) is 4.90 Å². The predicted octanol–water partition coefficient (Wildman–Crippen LogP) is 1.71. The molecule has 2 heteroatoms. The van der Waals surface area contributed by atoms with E-state index in [1.54, 1.807) is 0 Å². The van der Waals surface area contributed by atoms with E-state index in [4.69, 9.17) is 0 Å². The molecule has 0 aliphatic carbocycles. The van der Waals surface area contributed by atoms with Gasteiger partial charge in [0.05, 0.1) is 0 Å². The summed E-state index contributed by atoms with van der Waals surface area (Å²) in [6, 6.07) is 10.2. The maximum Gasteiger partial charge on any atom is 0.225 e. The van der Waals surface area contributed by atoms with Gasteiger partial charge in [-0.2, -0.15) is 0 Å². The fourth-order valence-electron chi connectivity index (χ4n) is 1.64. The van der Waals surface area contributed by atoms with Gasteiger partial charge in [-0.15, -0.1) is 0 Å². The number of benzene rings is 1. The Morgan fingerprint density at radius 2 is 2.00 bits per heavy atom. The van der Waals surface area contributed by atoms with Crippen molar-refractivity contribution in [3.63, 3.8) is 0 Å². The topological polar surface area (TPSA) is 20.1 Å². The molecule has 2 rings (SSSR count). The van der Waals surface area contributed by atoms with Crippen LogP contribution >= 0.6 is 0 Å². The van der Waals surface area contributed by atoms with E-state index in [1.165, 1.54) is 5.56 Å². The minimum absolute atomic E-state index is 0.125. The number of carbonyl (C=O) groups excluding carboxylic acids is 1. The molecule has 1 aliphatic heterocycles. The van der Waals surface area contributed by atoms with E-state index in [9.17, 15) is 4.79 Å². The highest BCUT2D eigenvalue weighted by Gasteiger charge is 2.27. The second kappa shape index (κ2) is 3.82. The van der Waals surface area contributed by atoms with Crippen molar-refractivity contribution < 1.29 is 4.79 Å². The van der Waals surface area contributed by atoms with E-state index < -0.39 is 0 Å². The monoisotopic (exact) mass is 189 g/mol. The average Bonchev–Trinajstić information content (AvgIpc) is 3.01. The molecule has 1 aromatic rings. The van der Waals surface area contributed by atoms with E-state index in [0.717, 1.165) is 19.5 Å². The number of amides is 1. The summed E-state index contributed by atoms with van der Waals surface area (Å²) in [5.41, 5.74) is 1.25. The SMILES string of the molecule is CC(Cc1ccccc1)C(=O)N1CC1. The van der Waals surface area contributed by atoms with Gasteiger partial charge >= 0.3 is 0 Å². The Hall–Kier alpha value is -1.31. The molecule has 2 nitrogen and oxygen atoms in total. The molecule has 1 atom stereocenters. The zero-order chi connectivity index (χ0) is 9.97. The van der Waals surface area contributed by atoms with Crippen molar-refractivity contribution in [3.8, 4) is 0 Å². The van der Waals surface area contributed by atoms with Gasteiger partial charge in [0.15, 0.2) is 0 Å². The number of hydrogen-bond acceptors (Lipinski definition) is 1. The summed E-state index contributed by atoms with van der Waals surface area (Å²) in [4.78, 5) is 13.5. The van der Waals surface area contributed by atoms with Gasteiger partial charge in [0.1, 0.15) is 0 Å². The smallest absolute Gasteiger partial charge is 0.225 e. The lowest BCUT2D eigenvalue weighted by Gasteiger charge is -2.10. The lowest BCUT2D eigenvalue weighted by molar-refractivity contribution is -0.129. The summed E-state index contributed by atoms with van der Waals surface area (Å²) in [5, 5.41) is 0. The number of nitrogens with zero attached hydrogens (tertiary/aromatic N) is 1. The van der Waals surface area contributed by atoms with Crippen LogP contribution in [-0.4, -0.2) is 23.9 Å². The lowest BCUT2D eigenvalue weighted by atomic mass is 10.0. The van der Waals surface area contributed by atoms with Crippen LogP contribution in [0.1, 0.15) is 12.5 Å². The van der Waals surface area contributed by atoms with Crippen LogP contribution in [0.3, 0.4) is 0 Å². The molecule has 1 aliphatic rings. The highest BCUT2D eigenvalue weighted by atomic mass is 16.2. The third-order valence-electron chi connectivity index (χ3n) is 2.57. The Labute approximate surface area is 84.5 Å². The van der Waals surface area contributed by atoms with Gasteiger partial charge < -0.3 is 4.90 Å². The molecule has 1 unspecified atom stereocenters. The van der Waals surface area contributed by atoms with Crippen LogP contribution in [0.15, 0.2) is 30.3 Å². The zero-order valence-corrected chi connectivity index (χ0v) is 8.44. The lowest BCUT2D eigenvalue weighted by Crippen LogP contribution is -2.21. The van der Waals surface area contributed by atoms with Crippen LogP contribution in [0, 0.1) is 5.92 Å². The molecule has 0 N–H and O–H groups in total. The summed E-state index contributed by atoms with van der Waals surface area (Å²) in [6.45, 7) is 3.92. The number of carbonyl (C=O) groups is 1. The van der Waals surface area contributed by atoms with Gasteiger partial charge in [0, 0.05) is 19.0 Å². The second-order valence-corrected chi connectivity index (χ2v) is 3.92. The van der Waals surface area contributed by atoms with E-state index >= 15 is 0 Å². The molecule has 74 valence electrons. The van der Waals surface area contributed by atoms with Crippen molar-refractivity contribution >= 4 is 5.91 Å². The van der Waals surface area contributed by atoms with E-state index in [-0.39, 0.29) is 5.92 Å². The first-order valence-corrected chi connectivity index (χ1v) is 5.10. The molecule has 0 bridgehead atoms. The molecule has 1 saturated heterocycles. The van der Waals surface area contributed by atoms with E-state index in [1.807, 2.05) is 30.0 Å². The van der Waals surface area contributed by atoms with Crippen molar-refractivity contribution in [2.75, 3.05) is 13.1 Å². The van der Waals surface area contributed by atoms with Crippen LogP contribution in [-0.2, 0) is 11.2 Å².